The van der Waals surface area contributed by atoms with Crippen LogP contribution in [-0.4, -0.2) is 9.59 Å². The maximum absolute atomic E-state index is 5.80. The summed E-state index contributed by atoms with van der Waals surface area (Å²) in [5.74, 6) is 7.71. The van der Waals surface area contributed by atoms with Gasteiger partial charge in [0.25, 0.3) is 0 Å². The minimum atomic E-state index is 0.231. The zero-order valence-corrected chi connectivity index (χ0v) is 12.3. The molecule has 1 aliphatic rings. The van der Waals surface area contributed by atoms with E-state index in [1.54, 1.807) is 0 Å². The molecular weight excluding hydrogens is 244 g/mol. The zero-order valence-electron chi connectivity index (χ0n) is 11.5. The predicted octanol–water partition coefficient (Wildman–Crippen LogP) is 2.99. The van der Waals surface area contributed by atoms with Gasteiger partial charge in [-0.2, -0.15) is 0 Å². The second-order valence-corrected chi connectivity index (χ2v) is 6.63. The second-order valence-electron chi connectivity index (χ2n) is 5.84. The van der Waals surface area contributed by atoms with Gasteiger partial charge in [-0.15, -0.1) is 5.10 Å². The van der Waals surface area contributed by atoms with Crippen LogP contribution in [0, 0.1) is 11.8 Å². The number of hydrogen-bond acceptors (Lipinski definition) is 5. The summed E-state index contributed by atoms with van der Waals surface area (Å²) >= 11 is 1.50. The van der Waals surface area contributed by atoms with Crippen molar-refractivity contribution in [2.75, 3.05) is 0 Å². The van der Waals surface area contributed by atoms with Crippen LogP contribution in [0.1, 0.15) is 69.0 Å². The Labute approximate surface area is 113 Å². The van der Waals surface area contributed by atoms with Gasteiger partial charge < -0.3 is 0 Å². The average Bonchev–Trinajstić information content (AvgIpc) is 2.82. The van der Waals surface area contributed by atoms with Crippen LogP contribution in [0.2, 0.25) is 0 Å². The van der Waals surface area contributed by atoms with Crippen LogP contribution in [0.3, 0.4) is 0 Å². The SMILES string of the molecule is CC1CCC(C(NN)c2snnc2C(C)C)CC1. The van der Waals surface area contributed by atoms with Crippen molar-refractivity contribution in [2.24, 2.45) is 17.7 Å². The minimum absolute atomic E-state index is 0.231. The molecule has 18 heavy (non-hydrogen) atoms. The maximum atomic E-state index is 5.80. The summed E-state index contributed by atoms with van der Waals surface area (Å²) in [6.45, 7) is 6.67. The lowest BCUT2D eigenvalue weighted by Crippen LogP contribution is -2.35. The van der Waals surface area contributed by atoms with Gasteiger partial charge in [0.15, 0.2) is 0 Å². The number of aromatic nitrogens is 2. The summed E-state index contributed by atoms with van der Waals surface area (Å²) in [7, 11) is 0. The predicted molar refractivity (Wildman–Crippen MR) is 75.2 cm³/mol. The van der Waals surface area contributed by atoms with Crippen molar-refractivity contribution in [3.05, 3.63) is 10.6 Å². The smallest absolute Gasteiger partial charge is 0.0829 e. The van der Waals surface area contributed by atoms with E-state index in [-0.39, 0.29) is 6.04 Å². The number of rotatable bonds is 4. The first-order chi connectivity index (χ1) is 8.63. The Morgan fingerprint density at radius 1 is 1.28 bits per heavy atom. The van der Waals surface area contributed by atoms with Gasteiger partial charge >= 0.3 is 0 Å². The molecule has 0 spiro atoms. The molecule has 0 saturated heterocycles. The molecule has 1 fully saturated rings. The fraction of sp³-hybridized carbons (Fsp3) is 0.846. The lowest BCUT2D eigenvalue weighted by molar-refractivity contribution is 0.233. The number of nitrogens with zero attached hydrogens (tertiary/aromatic N) is 2. The van der Waals surface area contributed by atoms with Gasteiger partial charge in [-0.3, -0.25) is 11.3 Å². The first kappa shape index (κ1) is 13.9. The molecule has 0 aliphatic heterocycles. The lowest BCUT2D eigenvalue weighted by atomic mass is 9.78. The minimum Gasteiger partial charge on any atom is -0.271 e. The van der Waals surface area contributed by atoms with Gasteiger partial charge in [-0.25, -0.2) is 0 Å². The van der Waals surface area contributed by atoms with E-state index in [9.17, 15) is 0 Å². The molecule has 1 saturated carbocycles. The third-order valence-corrected chi connectivity index (χ3v) is 4.90. The molecule has 1 aromatic heterocycles. The molecule has 2 rings (SSSR count). The molecule has 1 atom stereocenters. The van der Waals surface area contributed by atoms with Crippen LogP contribution in [0.15, 0.2) is 0 Å². The van der Waals surface area contributed by atoms with Crippen LogP contribution < -0.4 is 11.3 Å². The van der Waals surface area contributed by atoms with Crippen molar-refractivity contribution in [1.82, 2.24) is 15.0 Å². The molecule has 1 aliphatic carbocycles. The van der Waals surface area contributed by atoms with Crippen molar-refractivity contribution < 1.29 is 0 Å². The second kappa shape index (κ2) is 6.08. The molecule has 3 N–H and O–H groups in total. The Bertz CT molecular complexity index is 369. The van der Waals surface area contributed by atoms with Gasteiger partial charge in [-0.05, 0) is 42.1 Å². The monoisotopic (exact) mass is 268 g/mol. The van der Waals surface area contributed by atoms with Crippen molar-refractivity contribution in [3.8, 4) is 0 Å². The first-order valence-electron chi connectivity index (χ1n) is 6.91. The summed E-state index contributed by atoms with van der Waals surface area (Å²) in [6, 6.07) is 0.231. The first-order valence-corrected chi connectivity index (χ1v) is 7.69. The standard InChI is InChI=1S/C13H24N4S/c1-8(2)11-13(18-17-16-11)12(15-14)10-6-4-9(3)5-7-10/h8-10,12,15H,4-7,14H2,1-3H3. The number of nitrogens with two attached hydrogens (primary N) is 1. The lowest BCUT2D eigenvalue weighted by Gasteiger charge is -2.32. The van der Waals surface area contributed by atoms with E-state index >= 15 is 0 Å². The molecule has 4 nitrogen and oxygen atoms in total. The average molecular weight is 268 g/mol. The van der Waals surface area contributed by atoms with E-state index in [1.165, 1.54) is 42.1 Å². The quantitative estimate of drug-likeness (QED) is 0.651. The fourth-order valence-electron chi connectivity index (χ4n) is 2.87. The summed E-state index contributed by atoms with van der Waals surface area (Å²) in [5, 5.41) is 4.27. The summed E-state index contributed by atoms with van der Waals surface area (Å²) in [6.07, 6.45) is 5.13. The molecule has 0 aromatic carbocycles. The molecule has 1 unspecified atom stereocenters. The van der Waals surface area contributed by atoms with Gasteiger partial charge in [-0.1, -0.05) is 38.1 Å². The number of nitrogens with one attached hydrogen (secondary N) is 1. The molecule has 5 heteroatoms. The van der Waals surface area contributed by atoms with Gasteiger partial charge in [0.1, 0.15) is 0 Å². The molecule has 0 bridgehead atoms. The topological polar surface area (TPSA) is 63.8 Å². The fourth-order valence-corrected chi connectivity index (χ4v) is 3.83. The van der Waals surface area contributed by atoms with Crippen LogP contribution in [-0.2, 0) is 0 Å². The summed E-state index contributed by atoms with van der Waals surface area (Å²) < 4.78 is 4.12. The van der Waals surface area contributed by atoms with Gasteiger partial charge in [0.2, 0.25) is 0 Å². The van der Waals surface area contributed by atoms with Crippen LogP contribution in [0.25, 0.3) is 0 Å². The van der Waals surface area contributed by atoms with Crippen LogP contribution in [0.5, 0.6) is 0 Å². The Balaban J connectivity index is 2.15. The highest BCUT2D eigenvalue weighted by Crippen LogP contribution is 2.39. The van der Waals surface area contributed by atoms with Gasteiger partial charge in [0.05, 0.1) is 16.6 Å². The van der Waals surface area contributed by atoms with Crippen molar-refractivity contribution in [3.63, 3.8) is 0 Å². The van der Waals surface area contributed by atoms with Crippen LogP contribution >= 0.6 is 11.5 Å². The van der Waals surface area contributed by atoms with Crippen LogP contribution in [0.4, 0.5) is 0 Å². The highest BCUT2D eigenvalue weighted by atomic mass is 32.1. The molecule has 1 aromatic rings. The van der Waals surface area contributed by atoms with E-state index in [4.69, 9.17) is 5.84 Å². The number of hydrogen-bond donors (Lipinski definition) is 2. The molecule has 0 radical (unpaired) electrons. The van der Waals surface area contributed by atoms with Crippen molar-refractivity contribution >= 4 is 11.5 Å². The highest BCUT2D eigenvalue weighted by Gasteiger charge is 2.30. The molecular formula is C13H24N4S. The van der Waals surface area contributed by atoms with Gasteiger partial charge in [0, 0.05) is 0 Å². The Hall–Kier alpha value is -0.520. The third kappa shape index (κ3) is 2.90. The Morgan fingerprint density at radius 2 is 1.94 bits per heavy atom. The summed E-state index contributed by atoms with van der Waals surface area (Å²) in [5.41, 5.74) is 4.13. The zero-order chi connectivity index (χ0) is 13.1. The molecule has 0 amide bonds. The molecule has 1 heterocycles. The van der Waals surface area contributed by atoms with E-state index in [2.05, 4.69) is 35.8 Å². The van der Waals surface area contributed by atoms with Crippen molar-refractivity contribution in [1.29, 1.82) is 0 Å². The maximum Gasteiger partial charge on any atom is 0.0829 e. The van der Waals surface area contributed by atoms with E-state index in [0.29, 0.717) is 11.8 Å². The Morgan fingerprint density at radius 3 is 2.50 bits per heavy atom. The molecule has 102 valence electrons. The van der Waals surface area contributed by atoms with Crippen molar-refractivity contribution in [2.45, 2.75) is 58.4 Å². The van der Waals surface area contributed by atoms with E-state index in [1.807, 2.05) is 0 Å². The number of hydrazine groups is 1. The summed E-state index contributed by atoms with van der Waals surface area (Å²) in [4.78, 5) is 1.24. The largest absolute Gasteiger partial charge is 0.271 e. The highest BCUT2D eigenvalue weighted by molar-refractivity contribution is 7.05. The van der Waals surface area contributed by atoms with E-state index < -0.39 is 0 Å². The van der Waals surface area contributed by atoms with E-state index in [0.717, 1.165) is 11.6 Å². The Kier molecular flexibility index (Phi) is 4.70. The normalized spacial score (nSPS) is 26.5. The third-order valence-electron chi connectivity index (χ3n) is 4.08.